The lowest BCUT2D eigenvalue weighted by Crippen LogP contribution is -2.70. The maximum atomic E-state index is 12.5. The minimum absolute atomic E-state index is 0.0790. The molecule has 0 radical (unpaired) electrons. The monoisotopic (exact) mass is 431 g/mol. The summed E-state index contributed by atoms with van der Waals surface area (Å²) in [5, 5.41) is 21.1. The number of fused-ring (bicyclic) bond motifs is 1. The van der Waals surface area contributed by atoms with Crippen LogP contribution >= 0.6 is 47.1 Å². The Morgan fingerprint density at radius 3 is 2.92 bits per heavy atom. The van der Waals surface area contributed by atoms with Gasteiger partial charge in [0.2, 0.25) is 0 Å². The molecule has 1 fully saturated rings. The van der Waals surface area contributed by atoms with Gasteiger partial charge >= 0.3 is 5.97 Å². The van der Waals surface area contributed by atoms with Gasteiger partial charge in [-0.3, -0.25) is 9.69 Å². The number of aromatic nitrogens is 2. The zero-order valence-electron chi connectivity index (χ0n) is 13.8. The SMILES string of the molecule is CCC(=S)NC1C(=O)N2C(C(=O)O)=C(CSc3nnc(CN)s3)CS[C@H]12. The van der Waals surface area contributed by atoms with Crippen LogP contribution in [-0.4, -0.2) is 60.0 Å². The van der Waals surface area contributed by atoms with Gasteiger partial charge in [0.25, 0.3) is 5.91 Å². The molecule has 2 aliphatic rings. The molecule has 0 spiro atoms. The highest BCUT2D eigenvalue weighted by atomic mass is 32.2. The standard InChI is InChI=1S/C14H17N5O3S4/c1-2-7(23)16-9-11(20)19-10(13(21)22)6(4-24-12(9)19)5-25-14-18-17-8(3-15)26-14/h9,12H,2-5,15H2,1H3,(H,16,23)(H,21,22)/t9?,12-/m1/s1. The topological polar surface area (TPSA) is 121 Å². The highest BCUT2D eigenvalue weighted by Gasteiger charge is 2.53. The summed E-state index contributed by atoms with van der Waals surface area (Å²) in [5.41, 5.74) is 6.31. The zero-order valence-corrected chi connectivity index (χ0v) is 17.1. The second-order valence-electron chi connectivity index (χ2n) is 5.52. The van der Waals surface area contributed by atoms with E-state index in [4.69, 9.17) is 18.0 Å². The number of thioether (sulfide) groups is 2. The van der Waals surface area contributed by atoms with Crippen LogP contribution in [0.1, 0.15) is 18.4 Å². The lowest BCUT2D eigenvalue weighted by atomic mass is 10.0. The summed E-state index contributed by atoms with van der Waals surface area (Å²) in [4.78, 5) is 26.2. The van der Waals surface area contributed by atoms with Crippen molar-refractivity contribution in [1.82, 2.24) is 20.4 Å². The van der Waals surface area contributed by atoms with Gasteiger partial charge < -0.3 is 16.2 Å². The zero-order chi connectivity index (χ0) is 18.8. The van der Waals surface area contributed by atoms with Crippen molar-refractivity contribution in [1.29, 1.82) is 0 Å². The van der Waals surface area contributed by atoms with Gasteiger partial charge in [0, 0.05) is 18.1 Å². The number of nitrogens with one attached hydrogen (secondary N) is 1. The molecule has 1 amide bonds. The van der Waals surface area contributed by atoms with Gasteiger partial charge in [0.05, 0.1) is 4.99 Å². The number of carboxylic acids is 1. The Morgan fingerprint density at radius 2 is 2.31 bits per heavy atom. The van der Waals surface area contributed by atoms with Crippen LogP contribution < -0.4 is 11.1 Å². The Hall–Kier alpha value is -1.21. The molecule has 1 aromatic heterocycles. The fourth-order valence-corrected chi connectivity index (χ4v) is 5.98. The molecule has 3 heterocycles. The Labute approximate surface area is 168 Å². The van der Waals surface area contributed by atoms with Gasteiger partial charge in [-0.15, -0.1) is 22.0 Å². The van der Waals surface area contributed by atoms with Gasteiger partial charge in [-0.05, 0) is 12.0 Å². The molecule has 4 N–H and O–H groups in total. The number of thiocarbonyl (C=S) groups is 1. The molecule has 140 valence electrons. The fraction of sp³-hybridized carbons (Fsp3) is 0.500. The van der Waals surface area contributed by atoms with Gasteiger partial charge in [-0.1, -0.05) is 42.2 Å². The van der Waals surface area contributed by atoms with Crippen molar-refractivity contribution in [3.8, 4) is 0 Å². The minimum Gasteiger partial charge on any atom is -0.477 e. The van der Waals surface area contributed by atoms with Crippen molar-refractivity contribution in [2.45, 2.75) is 35.6 Å². The Morgan fingerprint density at radius 1 is 1.54 bits per heavy atom. The Kier molecular flexibility index (Phi) is 6.17. The lowest BCUT2D eigenvalue weighted by molar-refractivity contribution is -0.148. The van der Waals surface area contributed by atoms with Crippen LogP contribution in [0.3, 0.4) is 0 Å². The maximum absolute atomic E-state index is 12.5. The third kappa shape index (κ3) is 3.74. The van der Waals surface area contributed by atoms with Gasteiger partial charge in [0.15, 0.2) is 4.34 Å². The number of carbonyl (C=O) groups is 2. The fourth-order valence-electron chi connectivity index (χ4n) is 2.60. The number of nitrogens with zero attached hydrogens (tertiary/aromatic N) is 3. The van der Waals surface area contributed by atoms with Crippen molar-refractivity contribution in [2.75, 3.05) is 11.5 Å². The third-order valence-electron chi connectivity index (χ3n) is 3.88. The highest BCUT2D eigenvalue weighted by molar-refractivity contribution is 8.01. The van der Waals surface area contributed by atoms with Crippen LogP contribution in [0.4, 0.5) is 0 Å². The first-order valence-corrected chi connectivity index (χ1v) is 11.1. The smallest absolute Gasteiger partial charge is 0.352 e. The summed E-state index contributed by atoms with van der Waals surface area (Å²) >= 11 is 9.49. The van der Waals surface area contributed by atoms with E-state index in [2.05, 4.69) is 15.5 Å². The number of amides is 1. The molecule has 3 rings (SSSR count). The second kappa shape index (κ2) is 8.21. The van der Waals surface area contributed by atoms with E-state index < -0.39 is 12.0 Å². The van der Waals surface area contributed by atoms with Crippen LogP contribution in [0.15, 0.2) is 15.6 Å². The van der Waals surface area contributed by atoms with E-state index in [0.29, 0.717) is 35.0 Å². The summed E-state index contributed by atoms with van der Waals surface area (Å²) in [6, 6.07) is -0.453. The summed E-state index contributed by atoms with van der Waals surface area (Å²) in [5.74, 6) is -0.353. The van der Waals surface area contributed by atoms with E-state index in [-0.39, 0.29) is 17.0 Å². The summed E-state index contributed by atoms with van der Waals surface area (Å²) in [7, 11) is 0. The largest absolute Gasteiger partial charge is 0.477 e. The summed E-state index contributed by atoms with van der Waals surface area (Å²) in [6.45, 7) is 2.24. The van der Waals surface area contributed by atoms with E-state index in [9.17, 15) is 14.7 Å². The molecule has 26 heavy (non-hydrogen) atoms. The normalized spacial score (nSPS) is 22.1. The molecule has 0 aliphatic carbocycles. The van der Waals surface area contributed by atoms with Gasteiger partial charge in [0.1, 0.15) is 22.1 Å². The summed E-state index contributed by atoms with van der Waals surface area (Å²) < 4.78 is 0.734. The molecule has 0 bridgehead atoms. The van der Waals surface area contributed by atoms with Crippen molar-refractivity contribution in [3.63, 3.8) is 0 Å². The third-order valence-corrected chi connectivity index (χ3v) is 7.79. The van der Waals surface area contributed by atoms with Crippen LogP contribution in [0.25, 0.3) is 0 Å². The summed E-state index contributed by atoms with van der Waals surface area (Å²) in [6.07, 6.45) is 0.645. The van der Waals surface area contributed by atoms with Crippen molar-refractivity contribution < 1.29 is 14.7 Å². The van der Waals surface area contributed by atoms with E-state index in [1.54, 1.807) is 11.8 Å². The molecule has 2 atom stereocenters. The first-order valence-electron chi connectivity index (χ1n) is 7.80. The van der Waals surface area contributed by atoms with Crippen molar-refractivity contribution >= 4 is 63.9 Å². The molecule has 8 nitrogen and oxygen atoms in total. The molecule has 0 saturated carbocycles. The van der Waals surface area contributed by atoms with E-state index in [0.717, 1.165) is 9.35 Å². The average Bonchev–Trinajstić information content (AvgIpc) is 3.11. The molecule has 2 aliphatic heterocycles. The van der Waals surface area contributed by atoms with E-state index in [1.807, 2.05) is 6.92 Å². The Bertz CT molecular complexity index is 780. The number of carboxylic acid groups (broad SMARTS) is 1. The predicted molar refractivity (Wildman–Crippen MR) is 106 cm³/mol. The molecule has 1 unspecified atom stereocenters. The lowest BCUT2D eigenvalue weighted by Gasteiger charge is -2.49. The quantitative estimate of drug-likeness (QED) is 0.328. The highest BCUT2D eigenvalue weighted by Crippen LogP contribution is 2.41. The molecular weight excluding hydrogens is 414 g/mol. The Balaban J connectivity index is 1.74. The first-order chi connectivity index (χ1) is 12.5. The van der Waals surface area contributed by atoms with Crippen molar-refractivity contribution in [3.05, 3.63) is 16.3 Å². The number of nitrogens with two attached hydrogens (primary N) is 1. The molecule has 12 heteroatoms. The number of carbonyl (C=O) groups excluding carboxylic acids is 1. The second-order valence-corrected chi connectivity index (χ2v) is 9.40. The number of hydrogen-bond acceptors (Lipinski definition) is 9. The van der Waals surface area contributed by atoms with Crippen LogP contribution in [0.2, 0.25) is 0 Å². The van der Waals surface area contributed by atoms with E-state index >= 15 is 0 Å². The number of hydrogen-bond donors (Lipinski definition) is 3. The average molecular weight is 432 g/mol. The minimum atomic E-state index is -1.09. The van der Waals surface area contributed by atoms with Gasteiger partial charge in [-0.25, -0.2) is 4.79 Å². The van der Waals surface area contributed by atoms with Crippen LogP contribution in [0, 0.1) is 0 Å². The molecule has 1 aromatic rings. The number of β-lactam (4-membered cyclic amide) rings is 1. The maximum Gasteiger partial charge on any atom is 0.352 e. The molecule has 0 aromatic carbocycles. The number of aliphatic carboxylic acids is 1. The molecule has 1 saturated heterocycles. The van der Waals surface area contributed by atoms with Crippen LogP contribution in [-0.2, 0) is 16.1 Å². The molecular formula is C14H17N5O3S4. The predicted octanol–water partition coefficient (Wildman–Crippen LogP) is 1.04. The number of rotatable bonds is 7. The first kappa shape index (κ1) is 19.5. The van der Waals surface area contributed by atoms with E-state index in [1.165, 1.54) is 28.0 Å². The van der Waals surface area contributed by atoms with Gasteiger partial charge in [-0.2, -0.15) is 0 Å². The van der Waals surface area contributed by atoms with Crippen LogP contribution in [0.5, 0.6) is 0 Å². The van der Waals surface area contributed by atoms with Crippen molar-refractivity contribution in [2.24, 2.45) is 5.73 Å².